The number of anilines is 1. The molecule has 1 aromatic heterocycles. The molecule has 1 N–H and O–H groups in total. The third-order valence-electron chi connectivity index (χ3n) is 6.86. The third kappa shape index (κ3) is 3.30. The Labute approximate surface area is 180 Å². The van der Waals surface area contributed by atoms with Crippen molar-refractivity contribution >= 4 is 34.1 Å². The van der Waals surface area contributed by atoms with Crippen molar-refractivity contribution in [1.29, 1.82) is 0 Å². The molecule has 2 fully saturated rings. The topological polar surface area (TPSA) is 39.3 Å². The van der Waals surface area contributed by atoms with Gasteiger partial charge in [-0.25, -0.2) is 4.39 Å². The molecular weight excluding hydrogens is 401 g/mol. The van der Waals surface area contributed by atoms with E-state index in [9.17, 15) is 9.18 Å². The first kappa shape index (κ1) is 19.6. The smallest absolute Gasteiger partial charge is 0.227 e. The maximum Gasteiger partial charge on any atom is 0.227 e. The first-order chi connectivity index (χ1) is 14.4. The molecule has 1 spiro atoms. The number of carbonyl (C=O) groups excluding carboxylic acids is 1. The van der Waals surface area contributed by atoms with Crippen LogP contribution in [0.2, 0.25) is 5.02 Å². The number of hydrogen-bond acceptors (Lipinski definition) is 2. The molecule has 3 aromatic rings. The number of fused-ring (bicyclic) bond motifs is 1. The van der Waals surface area contributed by atoms with E-state index < -0.39 is 0 Å². The van der Waals surface area contributed by atoms with Gasteiger partial charge in [-0.2, -0.15) is 0 Å². The zero-order valence-corrected chi connectivity index (χ0v) is 17.8. The summed E-state index contributed by atoms with van der Waals surface area (Å²) in [6, 6.07) is 12.7. The summed E-state index contributed by atoms with van der Waals surface area (Å²) < 4.78 is 13.9. The van der Waals surface area contributed by atoms with Crippen LogP contribution in [0.25, 0.3) is 10.9 Å². The van der Waals surface area contributed by atoms with Gasteiger partial charge in [0.25, 0.3) is 0 Å². The maximum atomic E-state index is 13.9. The number of carbonyl (C=O) groups is 1. The molecule has 4 nitrogen and oxygen atoms in total. The van der Waals surface area contributed by atoms with Gasteiger partial charge in [-0.15, -0.1) is 0 Å². The molecule has 5 rings (SSSR count). The summed E-state index contributed by atoms with van der Waals surface area (Å²) in [5.41, 5.74) is 2.79. The van der Waals surface area contributed by atoms with Crippen molar-refractivity contribution in [2.45, 2.75) is 50.7 Å². The molecule has 6 heteroatoms. The highest BCUT2D eigenvalue weighted by Gasteiger charge is 2.49. The van der Waals surface area contributed by atoms with Crippen LogP contribution < -0.4 is 4.90 Å². The number of likely N-dealkylation sites (tertiary alicyclic amines) is 1. The number of nitrogens with zero attached hydrogens (tertiary/aromatic N) is 2. The highest BCUT2D eigenvalue weighted by Crippen LogP contribution is 2.44. The molecule has 2 aliphatic rings. The zero-order chi connectivity index (χ0) is 20.9. The van der Waals surface area contributed by atoms with Crippen LogP contribution in [-0.4, -0.2) is 33.9 Å². The number of aromatic nitrogens is 1. The fourth-order valence-corrected chi connectivity index (χ4v) is 5.55. The van der Waals surface area contributed by atoms with Gasteiger partial charge in [0.2, 0.25) is 5.91 Å². The molecule has 0 bridgehead atoms. The van der Waals surface area contributed by atoms with E-state index in [1.807, 2.05) is 29.2 Å². The standard InChI is InChI=1S/C24H25ClFN3O/c1-16-13-24(8-7-23(30)29(24)20-4-2-3-19(26)12-20)9-10-28(16)15-17-14-27-22-6-5-18(25)11-21(17)22/h2-6,11-12,14,16,27H,7-10,13,15H2,1H3/t16-,24+/m1/s1. The van der Waals surface area contributed by atoms with Gasteiger partial charge in [0.15, 0.2) is 0 Å². The molecule has 1 amide bonds. The lowest BCUT2D eigenvalue weighted by Gasteiger charge is -2.48. The molecule has 2 aliphatic heterocycles. The number of hydrogen-bond donors (Lipinski definition) is 1. The van der Waals surface area contributed by atoms with Crippen LogP contribution in [0.15, 0.2) is 48.7 Å². The minimum absolute atomic E-state index is 0.104. The quantitative estimate of drug-likeness (QED) is 0.600. The summed E-state index contributed by atoms with van der Waals surface area (Å²) in [5.74, 6) is -0.196. The highest BCUT2D eigenvalue weighted by atomic mass is 35.5. The highest BCUT2D eigenvalue weighted by molar-refractivity contribution is 6.31. The molecule has 3 heterocycles. The second-order valence-electron chi connectivity index (χ2n) is 8.71. The van der Waals surface area contributed by atoms with Crippen molar-refractivity contribution in [3.8, 4) is 0 Å². The second-order valence-corrected chi connectivity index (χ2v) is 9.15. The average molecular weight is 426 g/mol. The van der Waals surface area contributed by atoms with Gasteiger partial charge in [0.05, 0.1) is 5.54 Å². The van der Waals surface area contributed by atoms with Crippen LogP contribution in [0.3, 0.4) is 0 Å². The van der Waals surface area contributed by atoms with E-state index in [0.29, 0.717) is 18.2 Å². The van der Waals surface area contributed by atoms with Gasteiger partial charge in [-0.1, -0.05) is 17.7 Å². The number of aromatic amines is 1. The Hall–Kier alpha value is -2.37. The van der Waals surface area contributed by atoms with Gasteiger partial charge < -0.3 is 9.88 Å². The number of piperidine rings is 1. The van der Waals surface area contributed by atoms with Gasteiger partial charge in [0.1, 0.15) is 5.82 Å². The fourth-order valence-electron chi connectivity index (χ4n) is 5.38. The summed E-state index contributed by atoms with van der Waals surface area (Å²) in [6.45, 7) is 3.97. The van der Waals surface area contributed by atoms with E-state index in [1.165, 1.54) is 17.7 Å². The van der Waals surface area contributed by atoms with E-state index in [0.717, 1.165) is 48.3 Å². The Morgan fingerprint density at radius 3 is 2.90 bits per heavy atom. The van der Waals surface area contributed by atoms with Crippen molar-refractivity contribution < 1.29 is 9.18 Å². The van der Waals surface area contributed by atoms with E-state index >= 15 is 0 Å². The van der Waals surface area contributed by atoms with Crippen LogP contribution >= 0.6 is 11.6 Å². The molecule has 0 unspecified atom stereocenters. The Morgan fingerprint density at radius 1 is 1.23 bits per heavy atom. The van der Waals surface area contributed by atoms with E-state index in [2.05, 4.69) is 23.0 Å². The van der Waals surface area contributed by atoms with Crippen LogP contribution in [0.5, 0.6) is 0 Å². The number of halogens is 2. The van der Waals surface area contributed by atoms with Crippen LogP contribution in [0, 0.1) is 5.82 Å². The van der Waals surface area contributed by atoms with Crippen molar-refractivity contribution in [2.75, 3.05) is 11.4 Å². The molecule has 0 aliphatic carbocycles. The predicted molar refractivity (Wildman–Crippen MR) is 118 cm³/mol. The molecule has 2 atom stereocenters. The summed E-state index contributed by atoms with van der Waals surface area (Å²) >= 11 is 6.21. The summed E-state index contributed by atoms with van der Waals surface area (Å²) in [5, 5.41) is 1.90. The predicted octanol–water partition coefficient (Wildman–Crippen LogP) is 5.51. The number of nitrogens with one attached hydrogen (secondary N) is 1. The number of H-pyrrole nitrogens is 1. The maximum absolute atomic E-state index is 13.9. The van der Waals surface area contributed by atoms with Gasteiger partial charge in [-0.05, 0) is 68.1 Å². The molecule has 0 saturated carbocycles. The molecule has 30 heavy (non-hydrogen) atoms. The average Bonchev–Trinajstić information content (AvgIpc) is 3.25. The number of benzene rings is 2. The molecule has 0 radical (unpaired) electrons. The van der Waals surface area contributed by atoms with E-state index in [1.54, 1.807) is 6.07 Å². The van der Waals surface area contributed by atoms with E-state index in [-0.39, 0.29) is 17.3 Å². The monoisotopic (exact) mass is 425 g/mol. The second kappa shape index (κ2) is 7.40. The Balaban J connectivity index is 1.38. The zero-order valence-electron chi connectivity index (χ0n) is 17.0. The minimum Gasteiger partial charge on any atom is -0.361 e. The van der Waals surface area contributed by atoms with Crippen molar-refractivity contribution in [2.24, 2.45) is 0 Å². The summed E-state index contributed by atoms with van der Waals surface area (Å²) in [7, 11) is 0. The summed E-state index contributed by atoms with van der Waals surface area (Å²) in [4.78, 5) is 20.4. The van der Waals surface area contributed by atoms with Crippen LogP contribution in [-0.2, 0) is 11.3 Å². The van der Waals surface area contributed by atoms with Crippen LogP contribution in [0.4, 0.5) is 10.1 Å². The van der Waals surface area contributed by atoms with Crippen molar-refractivity contribution in [1.82, 2.24) is 9.88 Å². The lowest BCUT2D eigenvalue weighted by atomic mass is 9.81. The van der Waals surface area contributed by atoms with Gasteiger partial charge >= 0.3 is 0 Å². The van der Waals surface area contributed by atoms with Crippen molar-refractivity contribution in [3.05, 3.63) is 65.1 Å². The van der Waals surface area contributed by atoms with Gasteiger partial charge in [0, 0.05) is 53.4 Å². The van der Waals surface area contributed by atoms with Crippen LogP contribution in [0.1, 0.15) is 38.2 Å². The Kier molecular flexibility index (Phi) is 4.83. The minimum atomic E-state index is -0.300. The number of rotatable bonds is 3. The van der Waals surface area contributed by atoms with E-state index in [4.69, 9.17) is 11.6 Å². The Morgan fingerprint density at radius 2 is 2.10 bits per heavy atom. The SMILES string of the molecule is C[C@@H]1C[C@]2(CCC(=O)N2c2cccc(F)c2)CCN1Cc1c[nH]c2ccc(Cl)cc12. The largest absolute Gasteiger partial charge is 0.361 e. The normalized spacial score (nSPS) is 25.0. The summed E-state index contributed by atoms with van der Waals surface area (Å²) in [6.07, 6.45) is 5.21. The molecule has 156 valence electrons. The lowest BCUT2D eigenvalue weighted by Crippen LogP contribution is -2.56. The first-order valence-corrected chi connectivity index (χ1v) is 10.9. The number of amides is 1. The lowest BCUT2D eigenvalue weighted by molar-refractivity contribution is -0.117. The Bertz CT molecular complexity index is 1110. The van der Waals surface area contributed by atoms with Crippen molar-refractivity contribution in [3.63, 3.8) is 0 Å². The molecular formula is C24H25ClFN3O. The third-order valence-corrected chi connectivity index (χ3v) is 7.10. The fraction of sp³-hybridized carbons (Fsp3) is 0.375. The first-order valence-electron chi connectivity index (χ1n) is 10.5. The molecule has 2 saturated heterocycles. The molecule has 2 aromatic carbocycles. The van der Waals surface area contributed by atoms with Gasteiger partial charge in [-0.3, -0.25) is 9.69 Å².